The Kier molecular flexibility index (Phi) is 2.79. The Morgan fingerprint density at radius 3 is 2.65 bits per heavy atom. The Morgan fingerprint density at radius 1 is 1.41 bits per heavy atom. The Balaban J connectivity index is 2.75. The minimum Gasteiger partial charge on any atom is -0.506 e. The molecule has 1 aromatic rings. The van der Waals surface area contributed by atoms with Gasteiger partial charge in [0.2, 0.25) is 0 Å². The van der Waals surface area contributed by atoms with E-state index in [-0.39, 0.29) is 17.1 Å². The lowest BCUT2D eigenvalue weighted by Gasteiger charge is -2.22. The number of rotatable bonds is 1. The molecule has 88 valence electrons. The number of ketones is 2. The Morgan fingerprint density at radius 2 is 2.06 bits per heavy atom. The first-order valence-corrected chi connectivity index (χ1v) is 5.59. The van der Waals surface area contributed by atoms with E-state index in [1.54, 1.807) is 25.1 Å². The van der Waals surface area contributed by atoms with Gasteiger partial charge < -0.3 is 5.11 Å². The van der Waals surface area contributed by atoms with Gasteiger partial charge in [0.15, 0.2) is 11.6 Å². The van der Waals surface area contributed by atoms with Gasteiger partial charge in [-0.25, -0.2) is 0 Å². The third-order valence-corrected chi connectivity index (χ3v) is 3.20. The predicted molar refractivity (Wildman–Crippen MR) is 65.1 cm³/mol. The summed E-state index contributed by atoms with van der Waals surface area (Å²) in [5.41, 5.74) is 1.05. The van der Waals surface area contributed by atoms with Crippen molar-refractivity contribution in [2.75, 3.05) is 0 Å². The van der Waals surface area contributed by atoms with Crippen LogP contribution < -0.4 is 0 Å². The van der Waals surface area contributed by atoms with Gasteiger partial charge in [0.25, 0.3) is 0 Å². The maximum Gasteiger partial charge on any atom is 0.177 e. The van der Waals surface area contributed by atoms with Crippen molar-refractivity contribution in [3.8, 4) is 0 Å². The Bertz CT molecular complexity index is 558. The normalized spacial score (nSPS) is 19.2. The third-order valence-electron chi connectivity index (χ3n) is 2.96. The molecule has 0 heterocycles. The molecule has 0 saturated heterocycles. The first kappa shape index (κ1) is 11.9. The van der Waals surface area contributed by atoms with Crippen molar-refractivity contribution in [2.24, 2.45) is 0 Å². The zero-order valence-corrected chi connectivity index (χ0v) is 10.2. The van der Waals surface area contributed by atoms with E-state index in [1.165, 1.54) is 6.92 Å². The summed E-state index contributed by atoms with van der Waals surface area (Å²) in [5.74, 6) is -1.48. The number of allylic oxidation sites excluding steroid dienone is 1. The molecule has 0 aromatic heterocycles. The molecule has 1 N–H and O–H groups in total. The standard InChI is InChI=1S/C13H11ClO3/c1-6-10-5-8(14)3-4-9(10)13(17)11(7(2)15)12(6)16/h3-6,17H,1-2H3. The van der Waals surface area contributed by atoms with E-state index < -0.39 is 11.7 Å². The SMILES string of the molecule is CC(=O)C1=C(O)c2ccc(Cl)cc2C(C)C1=O. The second kappa shape index (κ2) is 4.00. The molecule has 0 saturated carbocycles. The molecule has 0 amide bonds. The maximum atomic E-state index is 12.0. The fourth-order valence-corrected chi connectivity index (χ4v) is 2.24. The van der Waals surface area contributed by atoms with Gasteiger partial charge in [0.05, 0.1) is 0 Å². The second-order valence-electron chi connectivity index (χ2n) is 4.10. The fourth-order valence-electron chi connectivity index (χ4n) is 2.06. The number of benzene rings is 1. The summed E-state index contributed by atoms with van der Waals surface area (Å²) in [6.45, 7) is 2.98. The first-order chi connectivity index (χ1) is 7.93. The molecular formula is C13H11ClO3. The second-order valence-corrected chi connectivity index (χ2v) is 4.53. The van der Waals surface area contributed by atoms with E-state index in [1.807, 2.05) is 0 Å². The smallest absolute Gasteiger partial charge is 0.177 e. The van der Waals surface area contributed by atoms with E-state index in [9.17, 15) is 14.7 Å². The Hall–Kier alpha value is -1.61. The molecule has 1 aromatic carbocycles. The lowest BCUT2D eigenvalue weighted by atomic mass is 9.81. The monoisotopic (exact) mass is 250 g/mol. The highest BCUT2D eigenvalue weighted by Crippen LogP contribution is 2.36. The maximum absolute atomic E-state index is 12.0. The molecule has 1 atom stereocenters. The van der Waals surface area contributed by atoms with Crippen molar-refractivity contribution < 1.29 is 14.7 Å². The lowest BCUT2D eigenvalue weighted by molar-refractivity contribution is -0.121. The summed E-state index contributed by atoms with van der Waals surface area (Å²) >= 11 is 5.86. The van der Waals surface area contributed by atoms with Crippen LogP contribution in [0.1, 0.15) is 30.9 Å². The van der Waals surface area contributed by atoms with Gasteiger partial charge in [-0.05, 0) is 30.7 Å². The van der Waals surface area contributed by atoms with Crippen molar-refractivity contribution >= 4 is 28.9 Å². The average Bonchev–Trinajstić information content (AvgIpc) is 2.25. The predicted octanol–water partition coefficient (Wildman–Crippen LogP) is 2.88. The molecule has 0 radical (unpaired) electrons. The van der Waals surface area contributed by atoms with Crippen LogP contribution >= 0.6 is 11.6 Å². The summed E-state index contributed by atoms with van der Waals surface area (Å²) in [6, 6.07) is 4.89. The van der Waals surface area contributed by atoms with Gasteiger partial charge in [-0.15, -0.1) is 0 Å². The molecule has 0 fully saturated rings. The lowest BCUT2D eigenvalue weighted by Crippen LogP contribution is -2.23. The molecule has 0 aliphatic heterocycles. The number of aliphatic hydroxyl groups excluding tert-OH is 1. The van der Waals surface area contributed by atoms with E-state index in [4.69, 9.17) is 11.6 Å². The van der Waals surface area contributed by atoms with Crippen molar-refractivity contribution in [2.45, 2.75) is 19.8 Å². The number of aliphatic hydroxyl groups is 1. The summed E-state index contributed by atoms with van der Waals surface area (Å²) < 4.78 is 0. The molecule has 2 rings (SSSR count). The number of fused-ring (bicyclic) bond motifs is 1. The minimum atomic E-state index is -0.460. The van der Waals surface area contributed by atoms with E-state index >= 15 is 0 Å². The third kappa shape index (κ3) is 1.76. The van der Waals surface area contributed by atoms with Crippen LogP contribution in [0.4, 0.5) is 0 Å². The molecule has 0 spiro atoms. The van der Waals surface area contributed by atoms with Crippen LogP contribution in [-0.2, 0) is 9.59 Å². The van der Waals surface area contributed by atoms with Crippen molar-refractivity contribution in [1.82, 2.24) is 0 Å². The fraction of sp³-hybridized carbons (Fsp3) is 0.231. The van der Waals surface area contributed by atoms with E-state index in [0.29, 0.717) is 16.1 Å². The van der Waals surface area contributed by atoms with Crippen molar-refractivity contribution in [3.63, 3.8) is 0 Å². The zero-order chi connectivity index (χ0) is 12.7. The Labute approximate surface area is 104 Å². The molecule has 3 nitrogen and oxygen atoms in total. The number of halogens is 1. The van der Waals surface area contributed by atoms with Crippen molar-refractivity contribution in [1.29, 1.82) is 0 Å². The number of carbonyl (C=O) groups is 2. The van der Waals surface area contributed by atoms with Crippen LogP contribution in [0.3, 0.4) is 0 Å². The minimum absolute atomic E-state index is 0.118. The van der Waals surface area contributed by atoms with Crippen LogP contribution in [0, 0.1) is 0 Å². The number of carbonyl (C=O) groups excluding carboxylic acids is 2. The van der Waals surface area contributed by atoms with Crippen LogP contribution in [0.15, 0.2) is 23.8 Å². The van der Waals surface area contributed by atoms with E-state index in [2.05, 4.69) is 0 Å². The van der Waals surface area contributed by atoms with Gasteiger partial charge in [-0.2, -0.15) is 0 Å². The topological polar surface area (TPSA) is 54.4 Å². The highest BCUT2D eigenvalue weighted by atomic mass is 35.5. The molecular weight excluding hydrogens is 240 g/mol. The first-order valence-electron chi connectivity index (χ1n) is 5.21. The summed E-state index contributed by atoms with van der Waals surface area (Å²) in [7, 11) is 0. The molecule has 1 aliphatic rings. The van der Waals surface area contributed by atoms with Crippen LogP contribution in [0.5, 0.6) is 0 Å². The van der Waals surface area contributed by atoms with Gasteiger partial charge in [-0.1, -0.05) is 18.5 Å². The number of hydrogen-bond acceptors (Lipinski definition) is 3. The van der Waals surface area contributed by atoms with E-state index in [0.717, 1.165) is 0 Å². The van der Waals surface area contributed by atoms with Crippen molar-refractivity contribution in [3.05, 3.63) is 39.9 Å². The van der Waals surface area contributed by atoms with Gasteiger partial charge in [0, 0.05) is 16.5 Å². The molecule has 4 heteroatoms. The molecule has 17 heavy (non-hydrogen) atoms. The zero-order valence-electron chi connectivity index (χ0n) is 9.45. The molecule has 1 aliphatic carbocycles. The summed E-state index contributed by atoms with van der Waals surface area (Å²) in [6.07, 6.45) is 0. The van der Waals surface area contributed by atoms with Gasteiger partial charge >= 0.3 is 0 Å². The number of hydrogen-bond donors (Lipinski definition) is 1. The summed E-state index contributed by atoms with van der Waals surface area (Å²) in [5, 5.41) is 10.5. The molecule has 1 unspecified atom stereocenters. The number of Topliss-reactive ketones (excluding diaryl/α,β-unsaturated/α-hetero) is 2. The largest absolute Gasteiger partial charge is 0.506 e. The van der Waals surface area contributed by atoms with Crippen LogP contribution in [0.25, 0.3) is 5.76 Å². The highest BCUT2D eigenvalue weighted by Gasteiger charge is 2.33. The highest BCUT2D eigenvalue weighted by molar-refractivity contribution is 6.31. The summed E-state index contributed by atoms with van der Waals surface area (Å²) in [4.78, 5) is 23.3. The quantitative estimate of drug-likeness (QED) is 0.780. The van der Waals surface area contributed by atoms with Gasteiger partial charge in [0.1, 0.15) is 11.3 Å². The van der Waals surface area contributed by atoms with Crippen LogP contribution in [-0.4, -0.2) is 16.7 Å². The van der Waals surface area contributed by atoms with Crippen LogP contribution in [0.2, 0.25) is 5.02 Å². The average molecular weight is 251 g/mol. The molecule has 0 bridgehead atoms. The van der Waals surface area contributed by atoms with Gasteiger partial charge in [-0.3, -0.25) is 9.59 Å².